The number of carbonyl (C=O) groups excluding carboxylic acids is 1. The molecule has 0 heterocycles. The third-order valence-corrected chi connectivity index (χ3v) is 2.56. The van der Waals surface area contributed by atoms with Gasteiger partial charge in [0.15, 0.2) is 0 Å². The SMILES string of the molecule is CCNC(=O)c1cc(N)ccc1NC1CC1. The van der Waals surface area contributed by atoms with E-state index in [0.717, 1.165) is 5.69 Å². The van der Waals surface area contributed by atoms with Crippen molar-refractivity contribution in [2.24, 2.45) is 0 Å². The lowest BCUT2D eigenvalue weighted by Crippen LogP contribution is -2.24. The molecule has 0 saturated heterocycles. The fourth-order valence-corrected chi connectivity index (χ4v) is 1.58. The van der Waals surface area contributed by atoms with Gasteiger partial charge in [-0.15, -0.1) is 0 Å². The van der Waals surface area contributed by atoms with Crippen molar-refractivity contribution in [1.29, 1.82) is 0 Å². The van der Waals surface area contributed by atoms with Gasteiger partial charge in [0.2, 0.25) is 0 Å². The van der Waals surface area contributed by atoms with E-state index in [4.69, 9.17) is 5.73 Å². The molecule has 0 spiro atoms. The Balaban J connectivity index is 2.23. The van der Waals surface area contributed by atoms with Crippen molar-refractivity contribution in [2.45, 2.75) is 25.8 Å². The van der Waals surface area contributed by atoms with Crippen LogP contribution >= 0.6 is 0 Å². The Bertz CT molecular complexity index is 399. The topological polar surface area (TPSA) is 67.2 Å². The molecule has 4 nitrogen and oxygen atoms in total. The van der Waals surface area contributed by atoms with Crippen molar-refractivity contribution >= 4 is 17.3 Å². The first-order valence-corrected chi connectivity index (χ1v) is 5.65. The van der Waals surface area contributed by atoms with E-state index in [1.54, 1.807) is 6.07 Å². The molecule has 1 aliphatic rings. The number of nitrogen functional groups attached to an aromatic ring is 1. The summed E-state index contributed by atoms with van der Waals surface area (Å²) < 4.78 is 0. The van der Waals surface area contributed by atoms with Gasteiger partial charge >= 0.3 is 0 Å². The molecule has 2 rings (SSSR count). The van der Waals surface area contributed by atoms with Crippen LogP contribution in [0.2, 0.25) is 0 Å². The molecule has 4 N–H and O–H groups in total. The summed E-state index contributed by atoms with van der Waals surface area (Å²) in [6, 6.07) is 5.93. The van der Waals surface area contributed by atoms with Crippen LogP contribution in [-0.2, 0) is 0 Å². The van der Waals surface area contributed by atoms with Crippen molar-refractivity contribution in [3.05, 3.63) is 23.8 Å². The maximum Gasteiger partial charge on any atom is 0.253 e. The van der Waals surface area contributed by atoms with Crippen LogP contribution in [0.4, 0.5) is 11.4 Å². The Labute approximate surface area is 95.2 Å². The minimum Gasteiger partial charge on any atom is -0.399 e. The second kappa shape index (κ2) is 4.43. The normalized spacial score (nSPS) is 14.6. The zero-order chi connectivity index (χ0) is 11.5. The van der Waals surface area contributed by atoms with Crippen LogP contribution in [0, 0.1) is 0 Å². The van der Waals surface area contributed by atoms with E-state index < -0.39 is 0 Å². The minimum atomic E-state index is -0.0713. The summed E-state index contributed by atoms with van der Waals surface area (Å²) in [7, 11) is 0. The highest BCUT2D eigenvalue weighted by Crippen LogP contribution is 2.27. The highest BCUT2D eigenvalue weighted by molar-refractivity contribution is 6.00. The predicted octanol–water partition coefficient (Wildman–Crippen LogP) is 1.59. The van der Waals surface area contributed by atoms with Crippen LogP contribution in [0.3, 0.4) is 0 Å². The molecule has 1 aromatic carbocycles. The van der Waals surface area contributed by atoms with Crippen LogP contribution < -0.4 is 16.4 Å². The number of carbonyl (C=O) groups is 1. The predicted molar refractivity (Wildman–Crippen MR) is 65.5 cm³/mol. The van der Waals surface area contributed by atoms with Crippen molar-refractivity contribution in [3.63, 3.8) is 0 Å². The summed E-state index contributed by atoms with van der Waals surface area (Å²) >= 11 is 0. The third-order valence-electron chi connectivity index (χ3n) is 2.56. The number of nitrogens with two attached hydrogens (primary N) is 1. The number of amides is 1. The van der Waals surface area contributed by atoms with Gasteiger partial charge in [-0.3, -0.25) is 4.79 Å². The molecule has 0 bridgehead atoms. The number of hydrogen-bond acceptors (Lipinski definition) is 3. The second-order valence-electron chi connectivity index (χ2n) is 4.08. The summed E-state index contributed by atoms with van der Waals surface area (Å²) in [5.41, 5.74) is 7.82. The van der Waals surface area contributed by atoms with Gasteiger partial charge in [-0.25, -0.2) is 0 Å². The van der Waals surface area contributed by atoms with E-state index in [1.165, 1.54) is 12.8 Å². The average molecular weight is 219 g/mol. The third kappa shape index (κ3) is 2.45. The summed E-state index contributed by atoms with van der Waals surface area (Å²) in [5, 5.41) is 6.12. The molecule has 4 heteroatoms. The van der Waals surface area contributed by atoms with Crippen LogP contribution in [0.25, 0.3) is 0 Å². The number of hydrogen-bond donors (Lipinski definition) is 3. The molecule has 1 aromatic rings. The fraction of sp³-hybridized carbons (Fsp3) is 0.417. The molecular formula is C12H17N3O. The van der Waals surface area contributed by atoms with Gasteiger partial charge < -0.3 is 16.4 Å². The average Bonchev–Trinajstić information content (AvgIpc) is 3.05. The van der Waals surface area contributed by atoms with Gasteiger partial charge in [0, 0.05) is 24.0 Å². The first-order valence-electron chi connectivity index (χ1n) is 5.65. The summed E-state index contributed by atoms with van der Waals surface area (Å²) in [4.78, 5) is 11.8. The Morgan fingerprint density at radius 2 is 2.25 bits per heavy atom. The van der Waals surface area contributed by atoms with Gasteiger partial charge in [-0.1, -0.05) is 0 Å². The highest BCUT2D eigenvalue weighted by Gasteiger charge is 2.23. The molecule has 0 aromatic heterocycles. The van der Waals surface area contributed by atoms with Crippen LogP contribution in [0.1, 0.15) is 30.1 Å². The first-order chi connectivity index (χ1) is 7.70. The van der Waals surface area contributed by atoms with Gasteiger partial charge in [0.25, 0.3) is 5.91 Å². The minimum absolute atomic E-state index is 0.0713. The van der Waals surface area contributed by atoms with E-state index in [1.807, 2.05) is 19.1 Å². The molecule has 0 unspecified atom stereocenters. The van der Waals surface area contributed by atoms with E-state index in [-0.39, 0.29) is 5.91 Å². The van der Waals surface area contributed by atoms with Crippen LogP contribution in [0.15, 0.2) is 18.2 Å². The Morgan fingerprint density at radius 1 is 1.50 bits per heavy atom. The Hall–Kier alpha value is -1.71. The summed E-state index contributed by atoms with van der Waals surface area (Å²) in [6.07, 6.45) is 2.36. The van der Waals surface area contributed by atoms with E-state index in [2.05, 4.69) is 10.6 Å². The lowest BCUT2D eigenvalue weighted by molar-refractivity contribution is 0.0956. The smallest absolute Gasteiger partial charge is 0.253 e. The van der Waals surface area contributed by atoms with Crippen molar-refractivity contribution < 1.29 is 4.79 Å². The largest absolute Gasteiger partial charge is 0.399 e. The molecule has 16 heavy (non-hydrogen) atoms. The molecule has 1 fully saturated rings. The molecule has 0 radical (unpaired) electrons. The molecule has 86 valence electrons. The van der Waals surface area contributed by atoms with E-state index in [9.17, 15) is 4.79 Å². The van der Waals surface area contributed by atoms with Crippen molar-refractivity contribution in [3.8, 4) is 0 Å². The quantitative estimate of drug-likeness (QED) is 0.674. The Kier molecular flexibility index (Phi) is 2.99. The molecular weight excluding hydrogens is 202 g/mol. The van der Waals surface area contributed by atoms with E-state index >= 15 is 0 Å². The van der Waals surface area contributed by atoms with E-state index in [0.29, 0.717) is 23.8 Å². The standard InChI is InChI=1S/C12H17N3O/c1-2-14-12(16)10-7-8(13)3-6-11(10)15-9-4-5-9/h3,6-7,9,15H,2,4-5,13H2,1H3,(H,14,16). The maximum atomic E-state index is 11.8. The van der Waals surface area contributed by atoms with Gasteiger partial charge in [0.1, 0.15) is 0 Å². The first kappa shape index (κ1) is 10.8. The zero-order valence-corrected chi connectivity index (χ0v) is 9.42. The fourth-order valence-electron chi connectivity index (χ4n) is 1.58. The number of nitrogens with one attached hydrogen (secondary N) is 2. The molecule has 1 aliphatic carbocycles. The van der Waals surface area contributed by atoms with Crippen LogP contribution in [0.5, 0.6) is 0 Å². The summed E-state index contributed by atoms with van der Waals surface area (Å²) in [5.74, 6) is -0.0713. The maximum absolute atomic E-state index is 11.8. The molecule has 0 atom stereocenters. The number of anilines is 2. The molecule has 0 aliphatic heterocycles. The summed E-state index contributed by atoms with van der Waals surface area (Å²) in [6.45, 7) is 2.52. The highest BCUT2D eigenvalue weighted by atomic mass is 16.1. The monoisotopic (exact) mass is 219 g/mol. The zero-order valence-electron chi connectivity index (χ0n) is 9.42. The lowest BCUT2D eigenvalue weighted by Gasteiger charge is -2.11. The Morgan fingerprint density at radius 3 is 2.88 bits per heavy atom. The molecule has 1 amide bonds. The molecule has 1 saturated carbocycles. The lowest BCUT2D eigenvalue weighted by atomic mass is 10.1. The number of benzene rings is 1. The second-order valence-corrected chi connectivity index (χ2v) is 4.08. The van der Waals surface area contributed by atoms with Crippen molar-refractivity contribution in [2.75, 3.05) is 17.6 Å². The van der Waals surface area contributed by atoms with Crippen LogP contribution in [-0.4, -0.2) is 18.5 Å². The van der Waals surface area contributed by atoms with Gasteiger partial charge in [-0.2, -0.15) is 0 Å². The number of rotatable bonds is 4. The van der Waals surface area contributed by atoms with Crippen molar-refractivity contribution in [1.82, 2.24) is 5.32 Å². The van der Waals surface area contributed by atoms with Gasteiger partial charge in [0.05, 0.1) is 5.56 Å². The van der Waals surface area contributed by atoms with Gasteiger partial charge in [-0.05, 0) is 38.0 Å².